The van der Waals surface area contributed by atoms with Crippen LogP contribution in [0.5, 0.6) is 23.0 Å². The number of ether oxygens (including phenoxy) is 6. The summed E-state index contributed by atoms with van der Waals surface area (Å²) < 4.78 is 61.1. The number of aliphatic hydroxyl groups excluding tert-OH is 4. The lowest BCUT2D eigenvalue weighted by Gasteiger charge is -2.48. The van der Waals surface area contributed by atoms with Crippen molar-refractivity contribution in [1.82, 2.24) is 24.7 Å². The molecular weight excluding hydrogens is 1040 g/mol. The van der Waals surface area contributed by atoms with Gasteiger partial charge in [-0.1, -0.05) is 17.7 Å². The maximum absolute atomic E-state index is 12.2. The van der Waals surface area contributed by atoms with Crippen molar-refractivity contribution >= 4 is 40.0 Å². The van der Waals surface area contributed by atoms with E-state index in [-0.39, 0.29) is 86.6 Å². The largest absolute Gasteiger partial charge is 0.505 e. The number of hydrogen-bond donors (Lipinski definition) is 5. The number of likely N-dealkylation sites (tertiary alicyclic amines) is 3. The second-order valence-electron chi connectivity index (χ2n) is 22.5. The molecule has 3 fully saturated rings. The van der Waals surface area contributed by atoms with Gasteiger partial charge in [-0.05, 0) is 95.2 Å². The summed E-state index contributed by atoms with van der Waals surface area (Å²) >= 11 is 0. The maximum Gasteiger partial charge on any atom is 0.410 e. The van der Waals surface area contributed by atoms with E-state index in [2.05, 4.69) is 9.97 Å². The summed E-state index contributed by atoms with van der Waals surface area (Å²) in [4.78, 5) is 70.5. The van der Waals surface area contributed by atoms with Gasteiger partial charge in [0.15, 0.2) is 28.8 Å². The first-order chi connectivity index (χ1) is 36.0. The molecule has 25 heteroatoms. The molecule has 3 amide bonds. The number of aromatic hydroxyl groups is 1. The van der Waals surface area contributed by atoms with Crippen LogP contribution in [-0.2, 0) is 28.5 Å². The Kier molecular flexibility index (Phi) is 22.8. The van der Waals surface area contributed by atoms with E-state index < -0.39 is 55.4 Å². The standard InChI is InChI=1S/C18H26N2O6.C17H25NO6S.C10H19NO4.C8H9NO3/c1-12(22)15-13(24-5)6-19-7-14(15)25-11-18(10-21)8-20(9-18)16(23)26-17(2,3)4;1-13-5-7-14(8-6-13)25(21,22)23-12-17(11-19)9-18(10-17)15(20)24-16(2,3)4;1-9(2,3)15-8(14)11-4-10(5-11,6-12)7-13;1-5(10)8-6(11)3-9-4-7(8)12-2/h6-7,21H,8-11H2,1-5H3;5-8,19H,9-12H2,1-4H3;12-13H,4-7H2,1-3H3;3-4,11H,1-2H3. The summed E-state index contributed by atoms with van der Waals surface area (Å²) in [6, 6.07) is 6.32. The van der Waals surface area contributed by atoms with Gasteiger partial charge in [-0.15, -0.1) is 0 Å². The van der Waals surface area contributed by atoms with Crippen LogP contribution in [0.3, 0.4) is 0 Å². The van der Waals surface area contributed by atoms with E-state index in [1.807, 2.05) is 6.92 Å². The van der Waals surface area contributed by atoms with Crippen LogP contribution in [0.2, 0.25) is 0 Å². The topological polar surface area (TPSA) is 321 Å². The molecule has 0 unspecified atom stereocenters. The molecule has 6 rings (SSSR count). The molecule has 0 radical (unpaired) electrons. The van der Waals surface area contributed by atoms with Crippen molar-refractivity contribution in [3.63, 3.8) is 0 Å². The number of aliphatic hydroxyl groups is 4. The van der Waals surface area contributed by atoms with E-state index in [1.54, 1.807) is 74.4 Å². The third-order valence-electron chi connectivity index (χ3n) is 11.7. The molecule has 78 heavy (non-hydrogen) atoms. The first-order valence-corrected chi connectivity index (χ1v) is 26.2. The molecule has 0 bridgehead atoms. The van der Waals surface area contributed by atoms with Gasteiger partial charge in [0.1, 0.15) is 33.7 Å². The zero-order valence-corrected chi connectivity index (χ0v) is 48.0. The van der Waals surface area contributed by atoms with Crippen molar-refractivity contribution in [2.24, 2.45) is 16.2 Å². The number of rotatable bonds is 15. The Bertz CT molecular complexity index is 2620. The number of methoxy groups -OCH3 is 2. The highest BCUT2D eigenvalue weighted by molar-refractivity contribution is 7.86. The number of ketones is 2. The van der Waals surface area contributed by atoms with Gasteiger partial charge in [-0.3, -0.25) is 23.7 Å². The lowest BCUT2D eigenvalue weighted by Crippen LogP contribution is -2.63. The summed E-state index contributed by atoms with van der Waals surface area (Å²) in [7, 11) is -1.04. The van der Waals surface area contributed by atoms with Crippen LogP contribution >= 0.6 is 0 Å². The smallest absolute Gasteiger partial charge is 0.410 e. The lowest BCUT2D eigenvalue weighted by atomic mass is 9.81. The third-order valence-corrected chi connectivity index (χ3v) is 13.0. The number of amides is 3. The van der Waals surface area contributed by atoms with Crippen LogP contribution in [0, 0.1) is 23.2 Å². The van der Waals surface area contributed by atoms with Crippen molar-refractivity contribution in [3.05, 3.63) is 65.7 Å². The molecule has 3 aromatic rings. The molecule has 0 atom stereocenters. The van der Waals surface area contributed by atoms with Crippen LogP contribution in [0.25, 0.3) is 0 Å². The molecule has 5 heterocycles. The van der Waals surface area contributed by atoms with Crippen molar-refractivity contribution in [1.29, 1.82) is 0 Å². The van der Waals surface area contributed by atoms with Crippen LogP contribution in [0.1, 0.15) is 102 Å². The monoisotopic (exact) mass is 1120 g/mol. The predicted molar refractivity (Wildman–Crippen MR) is 282 cm³/mol. The van der Waals surface area contributed by atoms with Crippen molar-refractivity contribution in [2.45, 2.75) is 105 Å². The predicted octanol–water partition coefficient (Wildman–Crippen LogP) is 5.04. The minimum absolute atomic E-state index is 0.0644. The van der Waals surface area contributed by atoms with Gasteiger partial charge >= 0.3 is 18.3 Å². The molecule has 1 aromatic carbocycles. The van der Waals surface area contributed by atoms with E-state index in [9.17, 15) is 47.7 Å². The Balaban J connectivity index is 0.000000286. The van der Waals surface area contributed by atoms with E-state index in [4.69, 9.17) is 42.8 Å². The Morgan fingerprint density at radius 2 is 0.897 bits per heavy atom. The Morgan fingerprint density at radius 3 is 1.24 bits per heavy atom. The summed E-state index contributed by atoms with van der Waals surface area (Å²) in [5, 5.41) is 46.7. The first-order valence-electron chi connectivity index (χ1n) is 24.8. The fourth-order valence-electron chi connectivity index (χ4n) is 7.56. The highest BCUT2D eigenvalue weighted by atomic mass is 32.2. The van der Waals surface area contributed by atoms with Crippen molar-refractivity contribution in [2.75, 3.05) is 93.1 Å². The van der Waals surface area contributed by atoms with Gasteiger partial charge in [0, 0.05) is 39.3 Å². The number of Topliss-reactive ketones (excluding diaryl/α,β-unsaturated/α-hetero) is 2. The molecule has 3 saturated heterocycles. The van der Waals surface area contributed by atoms with Crippen molar-refractivity contribution in [3.8, 4) is 23.0 Å². The van der Waals surface area contributed by atoms with Gasteiger partial charge in [0.05, 0.1) is 99.8 Å². The number of nitrogens with zero attached hydrogens (tertiary/aromatic N) is 5. The SMILES string of the molecule is CC(C)(C)OC(=O)N1CC(CO)(CO)C1.COc1cncc(O)c1C(C)=O.COc1cncc(OCC2(CO)CN(C(=O)OC(C)(C)C)C2)c1C(C)=O.Cc1ccc(S(=O)(=O)OCC2(CO)CN(C(=O)OC(C)(C)C)C2)cc1. The molecule has 2 aromatic heterocycles. The van der Waals surface area contributed by atoms with E-state index in [1.165, 1.54) is 79.7 Å². The van der Waals surface area contributed by atoms with Crippen LogP contribution < -0.4 is 14.2 Å². The fraction of sp³-hybridized carbons (Fsp3) is 0.604. The lowest BCUT2D eigenvalue weighted by molar-refractivity contribution is -0.0790. The van der Waals surface area contributed by atoms with Gasteiger partial charge in [0.25, 0.3) is 10.1 Å². The Morgan fingerprint density at radius 1 is 0.551 bits per heavy atom. The molecule has 436 valence electrons. The van der Waals surface area contributed by atoms with E-state index in [0.29, 0.717) is 49.0 Å². The quantitative estimate of drug-likeness (QED) is 0.0756. The van der Waals surface area contributed by atoms with Crippen LogP contribution in [0.15, 0.2) is 53.9 Å². The number of benzene rings is 1. The third kappa shape index (κ3) is 18.9. The molecule has 3 aliphatic heterocycles. The normalized spacial score (nSPS) is 16.0. The minimum Gasteiger partial charge on any atom is -0.505 e. The summed E-state index contributed by atoms with van der Waals surface area (Å²) in [5.41, 5.74) is -2.20. The Labute approximate surface area is 456 Å². The first kappa shape index (κ1) is 65.9. The average molecular weight is 1120 g/mol. The summed E-state index contributed by atoms with van der Waals surface area (Å²) in [5.74, 6) is 0.315. The molecule has 0 aliphatic carbocycles. The number of aromatic nitrogens is 2. The average Bonchev–Trinajstić information content (AvgIpc) is 3.29. The summed E-state index contributed by atoms with van der Waals surface area (Å²) in [6.07, 6.45) is 4.18. The number of carbonyl (C=O) groups is 5. The zero-order valence-electron chi connectivity index (χ0n) is 47.2. The highest BCUT2D eigenvalue weighted by Crippen LogP contribution is 2.36. The molecule has 0 spiro atoms. The molecule has 5 N–H and O–H groups in total. The van der Waals surface area contributed by atoms with Gasteiger partial charge in [-0.25, -0.2) is 14.4 Å². The number of aryl methyl sites for hydroxylation is 1. The molecular formula is C53H79N5O19S. The fourth-order valence-corrected chi connectivity index (χ4v) is 8.57. The number of carbonyl (C=O) groups excluding carboxylic acids is 5. The maximum atomic E-state index is 12.2. The number of hydrogen-bond acceptors (Lipinski definition) is 21. The van der Waals surface area contributed by atoms with Gasteiger partial charge in [0.2, 0.25) is 0 Å². The van der Waals surface area contributed by atoms with Crippen LogP contribution in [-0.4, -0.2) is 198 Å². The zero-order chi connectivity index (χ0) is 59.2. The van der Waals surface area contributed by atoms with Crippen molar-refractivity contribution < 1.29 is 90.5 Å². The second kappa shape index (κ2) is 27.0. The van der Waals surface area contributed by atoms with Gasteiger partial charge in [-0.2, -0.15) is 8.42 Å². The molecule has 24 nitrogen and oxygen atoms in total. The highest BCUT2D eigenvalue weighted by Gasteiger charge is 2.49. The van der Waals surface area contributed by atoms with Gasteiger partial charge < -0.3 is 68.7 Å². The summed E-state index contributed by atoms with van der Waals surface area (Å²) in [6.45, 7) is 21.7. The Hall–Kier alpha value is -6.38. The van der Waals surface area contributed by atoms with E-state index in [0.717, 1.165) is 5.56 Å². The number of pyridine rings is 2. The van der Waals surface area contributed by atoms with E-state index >= 15 is 0 Å². The van der Waals surface area contributed by atoms with Crippen LogP contribution in [0.4, 0.5) is 14.4 Å². The molecule has 0 saturated carbocycles. The molecule has 3 aliphatic rings. The minimum atomic E-state index is -3.91. The second-order valence-corrected chi connectivity index (χ2v) is 24.1.